The third-order valence-corrected chi connectivity index (χ3v) is 3.92. The van der Waals surface area contributed by atoms with E-state index < -0.39 is 5.92 Å². The summed E-state index contributed by atoms with van der Waals surface area (Å²) >= 11 is 0. The molecule has 1 N–H and O–H groups in total. The molecule has 1 unspecified atom stereocenters. The van der Waals surface area contributed by atoms with E-state index in [1.54, 1.807) is 28.9 Å². The molecule has 1 aromatic carbocycles. The number of carbonyl (C=O) groups excluding carboxylic acids is 2. The summed E-state index contributed by atoms with van der Waals surface area (Å²) in [6.45, 7) is 2.75. The van der Waals surface area contributed by atoms with Crippen molar-refractivity contribution in [1.29, 1.82) is 0 Å². The first kappa shape index (κ1) is 16.0. The van der Waals surface area contributed by atoms with Gasteiger partial charge in [-0.25, -0.2) is 0 Å². The van der Waals surface area contributed by atoms with E-state index in [0.29, 0.717) is 30.4 Å². The van der Waals surface area contributed by atoms with Crippen molar-refractivity contribution >= 4 is 23.3 Å². The van der Waals surface area contributed by atoms with E-state index in [0.717, 1.165) is 0 Å². The fourth-order valence-electron chi connectivity index (χ4n) is 2.78. The second-order valence-corrected chi connectivity index (χ2v) is 5.67. The van der Waals surface area contributed by atoms with E-state index in [1.807, 2.05) is 31.2 Å². The molecule has 0 aliphatic carbocycles. The molecule has 1 aliphatic rings. The van der Waals surface area contributed by atoms with Crippen molar-refractivity contribution in [1.82, 2.24) is 9.78 Å². The number of hydrogen-bond donors (Lipinski definition) is 1. The third-order valence-electron chi connectivity index (χ3n) is 3.92. The van der Waals surface area contributed by atoms with Gasteiger partial charge in [0.2, 0.25) is 11.8 Å². The number of nitrogens with one attached hydrogen (secondary N) is 1. The molecule has 2 heterocycles. The summed E-state index contributed by atoms with van der Waals surface area (Å²) in [5.74, 6) is 0.457. The largest absolute Gasteiger partial charge is 0.492 e. The molecule has 0 bridgehead atoms. The maximum atomic E-state index is 12.4. The third kappa shape index (κ3) is 3.24. The zero-order chi connectivity index (χ0) is 17.1. The lowest BCUT2D eigenvalue weighted by molar-refractivity contribution is -0.122. The quantitative estimate of drug-likeness (QED) is 0.908. The van der Waals surface area contributed by atoms with Gasteiger partial charge in [-0.2, -0.15) is 5.10 Å². The van der Waals surface area contributed by atoms with E-state index in [-0.39, 0.29) is 18.2 Å². The minimum Gasteiger partial charge on any atom is -0.492 e. The summed E-state index contributed by atoms with van der Waals surface area (Å²) in [5, 5.41) is 6.88. The topological polar surface area (TPSA) is 76.5 Å². The highest BCUT2D eigenvalue weighted by Crippen LogP contribution is 2.33. The summed E-state index contributed by atoms with van der Waals surface area (Å²) < 4.78 is 7.20. The Morgan fingerprint density at radius 2 is 2.17 bits per heavy atom. The van der Waals surface area contributed by atoms with Gasteiger partial charge in [-0.3, -0.25) is 14.3 Å². The first-order chi connectivity index (χ1) is 11.6. The standard InChI is InChI=1S/C17H20N4O3/c1-3-24-14-7-5-4-6-13(14)21-11-12(10-16(21)22)17(23)18-15-8-9-20(2)19-15/h4-9,12H,3,10-11H2,1-2H3,(H,18,19,23). The number of anilines is 2. The van der Waals surface area contributed by atoms with Gasteiger partial charge in [0.1, 0.15) is 5.75 Å². The second-order valence-electron chi connectivity index (χ2n) is 5.67. The number of para-hydroxylation sites is 2. The summed E-state index contributed by atoms with van der Waals surface area (Å²) in [5.41, 5.74) is 0.706. The van der Waals surface area contributed by atoms with Crippen LogP contribution in [-0.2, 0) is 16.6 Å². The van der Waals surface area contributed by atoms with Gasteiger partial charge in [0.25, 0.3) is 0 Å². The van der Waals surface area contributed by atoms with Crippen LogP contribution in [0.2, 0.25) is 0 Å². The molecule has 24 heavy (non-hydrogen) atoms. The van der Waals surface area contributed by atoms with E-state index >= 15 is 0 Å². The lowest BCUT2D eigenvalue weighted by atomic mass is 10.1. The molecule has 2 amide bonds. The van der Waals surface area contributed by atoms with Crippen molar-refractivity contribution in [2.45, 2.75) is 13.3 Å². The zero-order valence-corrected chi connectivity index (χ0v) is 13.7. The number of ether oxygens (including phenoxy) is 1. The van der Waals surface area contributed by atoms with Gasteiger partial charge in [-0.1, -0.05) is 12.1 Å². The van der Waals surface area contributed by atoms with Crippen LogP contribution >= 0.6 is 0 Å². The van der Waals surface area contributed by atoms with Crippen LogP contribution in [0.25, 0.3) is 0 Å². The highest BCUT2D eigenvalue weighted by atomic mass is 16.5. The monoisotopic (exact) mass is 328 g/mol. The summed E-state index contributed by atoms with van der Waals surface area (Å²) in [4.78, 5) is 26.4. The first-order valence-corrected chi connectivity index (χ1v) is 7.91. The Bertz CT molecular complexity index is 756. The Morgan fingerprint density at radius 1 is 1.38 bits per heavy atom. The molecule has 0 spiro atoms. The Kier molecular flexibility index (Phi) is 4.50. The van der Waals surface area contributed by atoms with E-state index in [4.69, 9.17) is 4.74 Å². The smallest absolute Gasteiger partial charge is 0.231 e. The highest BCUT2D eigenvalue weighted by Gasteiger charge is 2.36. The zero-order valence-electron chi connectivity index (χ0n) is 13.7. The summed E-state index contributed by atoms with van der Waals surface area (Å²) in [7, 11) is 1.78. The van der Waals surface area contributed by atoms with E-state index in [1.165, 1.54) is 0 Å². The first-order valence-electron chi connectivity index (χ1n) is 7.91. The average Bonchev–Trinajstić information content (AvgIpc) is 3.14. The molecule has 2 aromatic rings. The molecule has 0 radical (unpaired) electrons. The molecule has 1 aliphatic heterocycles. The van der Waals surface area contributed by atoms with Crippen molar-refractivity contribution in [3.05, 3.63) is 36.5 Å². The number of rotatable bonds is 5. The lowest BCUT2D eigenvalue weighted by Crippen LogP contribution is -2.28. The van der Waals surface area contributed by atoms with Crippen molar-refractivity contribution in [3.8, 4) is 5.75 Å². The van der Waals surface area contributed by atoms with Crippen LogP contribution in [0.4, 0.5) is 11.5 Å². The van der Waals surface area contributed by atoms with Gasteiger partial charge in [0.05, 0.1) is 18.2 Å². The number of benzene rings is 1. The van der Waals surface area contributed by atoms with Gasteiger partial charge in [-0.05, 0) is 19.1 Å². The van der Waals surface area contributed by atoms with Gasteiger partial charge in [0, 0.05) is 32.3 Å². The normalized spacial score (nSPS) is 17.2. The Balaban J connectivity index is 1.73. The number of aromatic nitrogens is 2. The van der Waals surface area contributed by atoms with Crippen molar-refractivity contribution in [3.63, 3.8) is 0 Å². The van der Waals surface area contributed by atoms with Crippen LogP contribution in [0.15, 0.2) is 36.5 Å². The van der Waals surface area contributed by atoms with Gasteiger partial charge in [0.15, 0.2) is 5.82 Å². The predicted octanol–water partition coefficient (Wildman–Crippen LogP) is 1.81. The van der Waals surface area contributed by atoms with Gasteiger partial charge >= 0.3 is 0 Å². The SMILES string of the molecule is CCOc1ccccc1N1CC(C(=O)Nc2ccn(C)n2)CC1=O. The average molecular weight is 328 g/mol. The molecular weight excluding hydrogens is 308 g/mol. The fraction of sp³-hybridized carbons (Fsp3) is 0.353. The maximum absolute atomic E-state index is 12.4. The Morgan fingerprint density at radius 3 is 2.88 bits per heavy atom. The number of nitrogens with zero attached hydrogens (tertiary/aromatic N) is 3. The van der Waals surface area contributed by atoms with E-state index in [2.05, 4.69) is 10.4 Å². The molecular formula is C17H20N4O3. The summed E-state index contributed by atoms with van der Waals surface area (Å²) in [6, 6.07) is 9.10. The highest BCUT2D eigenvalue weighted by molar-refractivity contribution is 6.03. The van der Waals surface area contributed by atoms with Crippen LogP contribution in [0.3, 0.4) is 0 Å². The van der Waals surface area contributed by atoms with E-state index in [9.17, 15) is 9.59 Å². The molecule has 1 saturated heterocycles. The van der Waals surface area contributed by atoms with Crippen molar-refractivity contribution in [2.75, 3.05) is 23.4 Å². The molecule has 3 rings (SSSR count). The van der Waals surface area contributed by atoms with Crippen molar-refractivity contribution in [2.24, 2.45) is 13.0 Å². The molecule has 1 atom stereocenters. The van der Waals surface area contributed by atoms with Crippen LogP contribution in [0, 0.1) is 5.92 Å². The number of carbonyl (C=O) groups is 2. The van der Waals surface area contributed by atoms with Crippen LogP contribution in [0.1, 0.15) is 13.3 Å². The van der Waals surface area contributed by atoms with Gasteiger partial charge in [-0.15, -0.1) is 0 Å². The van der Waals surface area contributed by atoms with Crippen molar-refractivity contribution < 1.29 is 14.3 Å². The number of aryl methyl sites for hydroxylation is 1. The Labute approximate surface area is 140 Å². The molecule has 1 aromatic heterocycles. The number of amides is 2. The molecule has 1 fully saturated rings. The minimum atomic E-state index is -0.408. The van der Waals surface area contributed by atoms with Crippen LogP contribution in [0.5, 0.6) is 5.75 Å². The molecule has 7 nitrogen and oxygen atoms in total. The lowest BCUT2D eigenvalue weighted by Gasteiger charge is -2.20. The molecule has 0 saturated carbocycles. The molecule has 126 valence electrons. The number of hydrogen-bond acceptors (Lipinski definition) is 4. The minimum absolute atomic E-state index is 0.0803. The van der Waals surface area contributed by atoms with Crippen LogP contribution < -0.4 is 15.0 Å². The van der Waals surface area contributed by atoms with Gasteiger partial charge < -0.3 is 15.0 Å². The predicted molar refractivity (Wildman–Crippen MR) is 89.9 cm³/mol. The van der Waals surface area contributed by atoms with Crippen LogP contribution in [-0.4, -0.2) is 34.7 Å². The maximum Gasteiger partial charge on any atom is 0.231 e. The second kappa shape index (κ2) is 6.74. The summed E-state index contributed by atoms with van der Waals surface area (Å²) in [6.07, 6.45) is 1.93. The molecule has 7 heteroatoms. The Hall–Kier alpha value is -2.83. The fourth-order valence-corrected chi connectivity index (χ4v) is 2.78.